The normalized spacial score (nSPS) is 24.0. The highest BCUT2D eigenvalue weighted by molar-refractivity contribution is 5.63. The first-order chi connectivity index (χ1) is 13.7. The molecular weight excluding hydrogens is 354 g/mol. The molecule has 2 fully saturated rings. The molecule has 2 saturated heterocycles. The Hall–Kier alpha value is -2.56. The summed E-state index contributed by atoms with van der Waals surface area (Å²) >= 11 is 0. The molecule has 0 aliphatic carbocycles. The van der Waals surface area contributed by atoms with Crippen LogP contribution in [0.3, 0.4) is 0 Å². The van der Waals surface area contributed by atoms with Crippen LogP contribution in [0, 0.1) is 11.6 Å². The number of rotatable bonds is 4. The smallest absolute Gasteiger partial charge is 0.123 e. The molecule has 0 radical (unpaired) electrons. The van der Waals surface area contributed by atoms with E-state index in [0.717, 1.165) is 36.3 Å². The summed E-state index contributed by atoms with van der Waals surface area (Å²) in [4.78, 5) is 2.48. The predicted octanol–water partition coefficient (Wildman–Crippen LogP) is 4.57. The number of hydrogen-bond acceptors (Lipinski definition) is 2. The van der Waals surface area contributed by atoms with E-state index in [0.29, 0.717) is 18.0 Å². The lowest BCUT2D eigenvalue weighted by atomic mass is 9.72. The molecule has 2 nitrogen and oxygen atoms in total. The first-order valence-corrected chi connectivity index (χ1v) is 9.76. The molecule has 28 heavy (non-hydrogen) atoms. The summed E-state index contributed by atoms with van der Waals surface area (Å²) in [7, 11) is 0. The zero-order chi connectivity index (χ0) is 19.1. The van der Waals surface area contributed by atoms with Crippen LogP contribution in [0.15, 0.2) is 72.8 Å². The van der Waals surface area contributed by atoms with E-state index < -0.39 is 0 Å². The van der Waals surface area contributed by atoms with Gasteiger partial charge in [0.2, 0.25) is 0 Å². The van der Waals surface area contributed by atoms with Crippen molar-refractivity contribution >= 4 is 0 Å². The maximum atomic E-state index is 13.5. The van der Waals surface area contributed by atoms with Gasteiger partial charge in [-0.25, -0.2) is 8.78 Å². The van der Waals surface area contributed by atoms with E-state index >= 15 is 0 Å². The zero-order valence-corrected chi connectivity index (χ0v) is 15.5. The third-order valence-corrected chi connectivity index (χ3v) is 6.10. The van der Waals surface area contributed by atoms with Gasteiger partial charge in [-0.3, -0.25) is 4.90 Å². The molecule has 4 heteroatoms. The van der Waals surface area contributed by atoms with Gasteiger partial charge in [-0.2, -0.15) is 0 Å². The van der Waals surface area contributed by atoms with Gasteiger partial charge in [0.15, 0.2) is 0 Å². The topological polar surface area (TPSA) is 15.3 Å². The highest BCUT2D eigenvalue weighted by Gasteiger charge is 2.50. The molecule has 0 spiro atoms. The summed E-state index contributed by atoms with van der Waals surface area (Å²) < 4.78 is 27.0. The average molecular weight is 376 g/mol. The van der Waals surface area contributed by atoms with Gasteiger partial charge >= 0.3 is 0 Å². The van der Waals surface area contributed by atoms with E-state index in [2.05, 4.69) is 34.5 Å². The number of nitrogens with one attached hydrogen (secondary N) is 1. The molecule has 3 atom stereocenters. The van der Waals surface area contributed by atoms with Crippen molar-refractivity contribution in [3.05, 3.63) is 95.6 Å². The summed E-state index contributed by atoms with van der Waals surface area (Å²) in [5, 5.41) is 3.50. The third kappa shape index (κ3) is 3.13. The lowest BCUT2D eigenvalue weighted by Gasteiger charge is -2.59. The van der Waals surface area contributed by atoms with Gasteiger partial charge in [0.05, 0.1) is 0 Å². The van der Waals surface area contributed by atoms with Crippen LogP contribution in [-0.2, 0) is 6.54 Å². The van der Waals surface area contributed by atoms with Gasteiger partial charge in [-0.15, -0.1) is 0 Å². The van der Waals surface area contributed by atoms with E-state index in [1.54, 1.807) is 24.3 Å². The first kappa shape index (κ1) is 17.5. The van der Waals surface area contributed by atoms with Crippen LogP contribution in [-0.4, -0.2) is 30.1 Å². The molecule has 3 aromatic rings. The minimum absolute atomic E-state index is 0.175. The zero-order valence-electron chi connectivity index (χ0n) is 15.5. The van der Waals surface area contributed by atoms with Crippen LogP contribution in [0.25, 0.3) is 11.1 Å². The van der Waals surface area contributed by atoms with Crippen molar-refractivity contribution < 1.29 is 8.78 Å². The van der Waals surface area contributed by atoms with Crippen LogP contribution in [0.5, 0.6) is 0 Å². The van der Waals surface area contributed by atoms with Crippen molar-refractivity contribution in [1.29, 1.82) is 0 Å². The Kier molecular flexibility index (Phi) is 4.46. The SMILES string of the molecule is Fc1cccc(CN2[C@@H]3CNC[C@H]2C3c2ccc(-c3cccc(F)c3)cc2)c1. The van der Waals surface area contributed by atoms with E-state index in [9.17, 15) is 8.78 Å². The summed E-state index contributed by atoms with van der Waals surface area (Å²) in [5.74, 6) is 0.0938. The fraction of sp³-hybridized carbons (Fsp3) is 0.250. The molecular formula is C24H22F2N2. The molecule has 1 N–H and O–H groups in total. The maximum absolute atomic E-state index is 13.5. The molecule has 142 valence electrons. The molecule has 2 aliphatic heterocycles. The Morgan fingerprint density at radius 1 is 0.786 bits per heavy atom. The van der Waals surface area contributed by atoms with E-state index in [-0.39, 0.29) is 11.6 Å². The largest absolute Gasteiger partial charge is 0.314 e. The fourth-order valence-corrected chi connectivity index (χ4v) is 4.77. The molecule has 3 aromatic carbocycles. The molecule has 1 unspecified atom stereocenters. The van der Waals surface area contributed by atoms with Crippen molar-refractivity contribution in [1.82, 2.24) is 10.2 Å². The second-order valence-corrected chi connectivity index (χ2v) is 7.75. The van der Waals surface area contributed by atoms with Crippen molar-refractivity contribution in [2.24, 2.45) is 0 Å². The number of halogens is 2. The monoisotopic (exact) mass is 376 g/mol. The minimum Gasteiger partial charge on any atom is -0.314 e. The summed E-state index contributed by atoms with van der Waals surface area (Å²) in [6.07, 6.45) is 0. The number of piperidine rings is 1. The Labute approximate surface area is 163 Å². The molecule has 5 rings (SSSR count). The van der Waals surface area contributed by atoms with Gasteiger partial charge in [-0.1, -0.05) is 48.5 Å². The predicted molar refractivity (Wildman–Crippen MR) is 107 cm³/mol. The lowest BCUT2D eigenvalue weighted by molar-refractivity contribution is -0.0483. The number of nitrogens with zero attached hydrogens (tertiary/aromatic N) is 1. The van der Waals surface area contributed by atoms with Crippen LogP contribution in [0.4, 0.5) is 8.78 Å². The van der Waals surface area contributed by atoms with Crippen LogP contribution in [0.2, 0.25) is 0 Å². The van der Waals surface area contributed by atoms with Crippen molar-refractivity contribution in [3.8, 4) is 11.1 Å². The Morgan fingerprint density at radius 3 is 2.14 bits per heavy atom. The van der Waals surface area contributed by atoms with E-state index in [1.165, 1.54) is 17.7 Å². The van der Waals surface area contributed by atoms with Crippen molar-refractivity contribution in [2.45, 2.75) is 24.5 Å². The standard InChI is InChI=1S/C24H22F2N2/c25-20-5-1-3-16(11-20)15-28-22-13-27-14-23(28)24(22)18-9-7-17(8-10-18)19-4-2-6-21(26)12-19/h1-12,22-24,27H,13-15H2/t22-,23+,24?. The van der Waals surface area contributed by atoms with Gasteiger partial charge in [0.25, 0.3) is 0 Å². The molecule has 0 saturated carbocycles. The number of fused-ring (bicyclic) bond motifs is 2. The molecule has 0 aromatic heterocycles. The second kappa shape index (κ2) is 7.12. The van der Waals surface area contributed by atoms with Crippen LogP contribution < -0.4 is 5.32 Å². The second-order valence-electron chi connectivity index (χ2n) is 7.75. The molecule has 0 amide bonds. The third-order valence-electron chi connectivity index (χ3n) is 6.10. The van der Waals surface area contributed by atoms with Gasteiger partial charge in [0.1, 0.15) is 11.6 Å². The molecule has 2 heterocycles. The van der Waals surface area contributed by atoms with Gasteiger partial charge < -0.3 is 5.32 Å². The highest BCUT2D eigenvalue weighted by atomic mass is 19.1. The number of piperazine rings is 1. The molecule has 2 aliphatic rings. The highest BCUT2D eigenvalue weighted by Crippen LogP contribution is 2.43. The Bertz CT molecular complexity index is 974. The van der Waals surface area contributed by atoms with Crippen LogP contribution >= 0.6 is 0 Å². The maximum Gasteiger partial charge on any atom is 0.123 e. The molecule has 2 bridgehead atoms. The van der Waals surface area contributed by atoms with Gasteiger partial charge in [-0.05, 0) is 46.5 Å². The average Bonchev–Trinajstić information content (AvgIpc) is 2.72. The van der Waals surface area contributed by atoms with E-state index in [4.69, 9.17) is 0 Å². The van der Waals surface area contributed by atoms with E-state index in [1.807, 2.05) is 12.1 Å². The quantitative estimate of drug-likeness (QED) is 0.718. The summed E-state index contributed by atoms with van der Waals surface area (Å²) in [6.45, 7) is 2.68. The summed E-state index contributed by atoms with van der Waals surface area (Å²) in [5.41, 5.74) is 4.28. The summed E-state index contributed by atoms with van der Waals surface area (Å²) in [6, 6.07) is 23.0. The lowest BCUT2D eigenvalue weighted by Crippen LogP contribution is -2.72. The minimum atomic E-state index is -0.214. The number of hydrogen-bond donors (Lipinski definition) is 1. The first-order valence-electron chi connectivity index (χ1n) is 9.76. The Balaban J connectivity index is 1.34. The van der Waals surface area contributed by atoms with Crippen LogP contribution in [0.1, 0.15) is 17.0 Å². The number of benzene rings is 3. The van der Waals surface area contributed by atoms with Gasteiger partial charge in [0, 0.05) is 37.6 Å². The van der Waals surface area contributed by atoms with Crippen molar-refractivity contribution in [2.75, 3.05) is 13.1 Å². The Morgan fingerprint density at radius 2 is 1.46 bits per heavy atom. The fourth-order valence-electron chi connectivity index (χ4n) is 4.77. The van der Waals surface area contributed by atoms with Crippen molar-refractivity contribution in [3.63, 3.8) is 0 Å².